The van der Waals surface area contributed by atoms with Crippen LogP contribution in [0.2, 0.25) is 0 Å². The molecule has 2 heterocycles. The van der Waals surface area contributed by atoms with Gasteiger partial charge < -0.3 is 9.47 Å². The van der Waals surface area contributed by atoms with Crippen molar-refractivity contribution in [2.75, 3.05) is 6.54 Å². The van der Waals surface area contributed by atoms with Crippen molar-refractivity contribution in [3.05, 3.63) is 60.2 Å². The average Bonchev–Trinajstić information content (AvgIpc) is 3.22. The first-order valence-electron chi connectivity index (χ1n) is 8.23. The predicted octanol–water partition coefficient (Wildman–Crippen LogP) is 3.78. The van der Waals surface area contributed by atoms with E-state index in [0.29, 0.717) is 11.7 Å². The Balaban J connectivity index is 1.73. The number of carbonyl (C=O) groups is 1. The fourth-order valence-electron chi connectivity index (χ4n) is 2.91. The van der Waals surface area contributed by atoms with E-state index >= 15 is 0 Å². The van der Waals surface area contributed by atoms with Gasteiger partial charge in [0.25, 0.3) is 5.91 Å². The van der Waals surface area contributed by atoms with E-state index in [-0.39, 0.29) is 11.9 Å². The lowest BCUT2D eigenvalue weighted by Crippen LogP contribution is -2.34. The van der Waals surface area contributed by atoms with Crippen molar-refractivity contribution in [1.29, 1.82) is 0 Å². The van der Waals surface area contributed by atoms with Crippen LogP contribution >= 0.6 is 0 Å². The second-order valence-electron chi connectivity index (χ2n) is 6.28. The van der Waals surface area contributed by atoms with Crippen LogP contribution in [0.1, 0.15) is 48.8 Å². The zero-order chi connectivity index (χ0) is 16.2. The van der Waals surface area contributed by atoms with Crippen LogP contribution in [-0.4, -0.2) is 32.9 Å². The van der Waals surface area contributed by atoms with E-state index < -0.39 is 0 Å². The molecule has 2 aromatic rings. The molecular weight excluding hydrogens is 286 g/mol. The first-order valence-corrected chi connectivity index (χ1v) is 8.23. The largest absolute Gasteiger partial charge is 0.334 e. The Bertz CT molecular complexity index is 688. The second kappa shape index (κ2) is 6.82. The summed E-state index contributed by atoms with van der Waals surface area (Å²) in [5, 5.41) is 0. The molecule has 0 unspecified atom stereocenters. The standard InChI is InChI=1S/C19H23N3O/c1-15(2)21-13-18(20-14-21)19(23)22-12-6-9-17(22)11-10-16-7-4-3-5-8-16/h3-5,7-8,10-11,13-15,17H,6,9,12H2,1-2H3/b11-10+/t17-/m0/s1. The van der Waals surface area contributed by atoms with Gasteiger partial charge in [-0.25, -0.2) is 4.98 Å². The van der Waals surface area contributed by atoms with Crippen molar-refractivity contribution in [1.82, 2.24) is 14.5 Å². The van der Waals surface area contributed by atoms with Crippen molar-refractivity contribution >= 4 is 12.0 Å². The third-order valence-corrected chi connectivity index (χ3v) is 4.29. The fourth-order valence-corrected chi connectivity index (χ4v) is 2.91. The Hall–Kier alpha value is -2.36. The first kappa shape index (κ1) is 15.5. The molecule has 1 fully saturated rings. The highest BCUT2D eigenvalue weighted by Gasteiger charge is 2.28. The molecule has 1 aliphatic rings. The van der Waals surface area contributed by atoms with E-state index in [2.05, 4.69) is 43.1 Å². The van der Waals surface area contributed by atoms with Gasteiger partial charge in [0.1, 0.15) is 5.69 Å². The molecule has 0 aliphatic carbocycles. The van der Waals surface area contributed by atoms with E-state index in [9.17, 15) is 4.79 Å². The van der Waals surface area contributed by atoms with Crippen LogP contribution < -0.4 is 0 Å². The van der Waals surface area contributed by atoms with E-state index in [4.69, 9.17) is 0 Å². The predicted molar refractivity (Wildman–Crippen MR) is 92.1 cm³/mol. The van der Waals surface area contributed by atoms with E-state index in [1.165, 1.54) is 0 Å². The summed E-state index contributed by atoms with van der Waals surface area (Å²) < 4.78 is 1.97. The van der Waals surface area contributed by atoms with Crippen LogP contribution in [-0.2, 0) is 0 Å². The van der Waals surface area contributed by atoms with Crippen LogP contribution in [0.15, 0.2) is 48.9 Å². The highest BCUT2D eigenvalue weighted by molar-refractivity contribution is 5.92. The molecule has 1 amide bonds. The Morgan fingerprint density at radius 1 is 1.30 bits per heavy atom. The summed E-state index contributed by atoms with van der Waals surface area (Å²) in [4.78, 5) is 18.9. The van der Waals surface area contributed by atoms with Gasteiger partial charge in [-0.15, -0.1) is 0 Å². The molecule has 1 atom stereocenters. The zero-order valence-corrected chi connectivity index (χ0v) is 13.7. The molecule has 0 saturated carbocycles. The van der Waals surface area contributed by atoms with Gasteiger partial charge in [0.05, 0.1) is 12.4 Å². The third kappa shape index (κ3) is 3.52. The molecule has 3 rings (SSSR count). The van der Waals surface area contributed by atoms with Crippen LogP contribution in [0.4, 0.5) is 0 Å². The van der Waals surface area contributed by atoms with Gasteiger partial charge in [0.2, 0.25) is 0 Å². The highest BCUT2D eigenvalue weighted by Crippen LogP contribution is 2.22. The minimum absolute atomic E-state index is 0.0320. The van der Waals surface area contributed by atoms with E-state index in [0.717, 1.165) is 24.9 Å². The quantitative estimate of drug-likeness (QED) is 0.862. The number of imidazole rings is 1. The Kier molecular flexibility index (Phi) is 4.60. The summed E-state index contributed by atoms with van der Waals surface area (Å²) in [5.74, 6) is 0.0320. The lowest BCUT2D eigenvalue weighted by atomic mass is 10.1. The number of benzene rings is 1. The summed E-state index contributed by atoms with van der Waals surface area (Å²) in [6, 6.07) is 10.7. The number of likely N-dealkylation sites (tertiary alicyclic amines) is 1. The summed E-state index contributed by atoms with van der Waals surface area (Å²) in [6.45, 7) is 4.96. The Morgan fingerprint density at radius 3 is 2.78 bits per heavy atom. The van der Waals surface area contributed by atoms with E-state index in [1.807, 2.05) is 33.9 Å². The molecule has 4 nitrogen and oxygen atoms in total. The van der Waals surface area contributed by atoms with Gasteiger partial charge in [-0.1, -0.05) is 42.5 Å². The number of carbonyl (C=O) groups excluding carboxylic acids is 1. The number of aromatic nitrogens is 2. The molecule has 0 N–H and O–H groups in total. The molecule has 1 aromatic heterocycles. The Labute approximate surface area is 137 Å². The summed E-state index contributed by atoms with van der Waals surface area (Å²) in [5.41, 5.74) is 1.70. The third-order valence-electron chi connectivity index (χ3n) is 4.29. The zero-order valence-electron chi connectivity index (χ0n) is 13.7. The minimum Gasteiger partial charge on any atom is -0.334 e. The first-order chi connectivity index (χ1) is 11.1. The van der Waals surface area contributed by atoms with Crippen LogP contribution in [0.25, 0.3) is 6.08 Å². The van der Waals surface area contributed by atoms with Crippen molar-refractivity contribution < 1.29 is 4.79 Å². The van der Waals surface area contributed by atoms with Crippen LogP contribution in [0.3, 0.4) is 0 Å². The Morgan fingerprint density at radius 2 is 2.09 bits per heavy atom. The van der Waals surface area contributed by atoms with Gasteiger partial charge in [-0.2, -0.15) is 0 Å². The van der Waals surface area contributed by atoms with Gasteiger partial charge >= 0.3 is 0 Å². The fraction of sp³-hybridized carbons (Fsp3) is 0.368. The minimum atomic E-state index is 0.0320. The number of hydrogen-bond donors (Lipinski definition) is 0. The number of hydrogen-bond acceptors (Lipinski definition) is 2. The summed E-state index contributed by atoms with van der Waals surface area (Å²) in [7, 11) is 0. The van der Waals surface area contributed by atoms with Crippen LogP contribution in [0, 0.1) is 0 Å². The van der Waals surface area contributed by atoms with Crippen molar-refractivity contribution in [2.24, 2.45) is 0 Å². The smallest absolute Gasteiger partial charge is 0.274 e. The molecule has 23 heavy (non-hydrogen) atoms. The van der Waals surface area contributed by atoms with Crippen molar-refractivity contribution in [3.63, 3.8) is 0 Å². The monoisotopic (exact) mass is 309 g/mol. The molecule has 0 radical (unpaired) electrons. The topological polar surface area (TPSA) is 38.1 Å². The maximum absolute atomic E-state index is 12.7. The van der Waals surface area contributed by atoms with Crippen molar-refractivity contribution in [3.8, 4) is 0 Å². The molecule has 1 aromatic carbocycles. The van der Waals surface area contributed by atoms with Gasteiger partial charge in [0, 0.05) is 18.8 Å². The lowest BCUT2D eigenvalue weighted by Gasteiger charge is -2.21. The maximum Gasteiger partial charge on any atom is 0.274 e. The van der Waals surface area contributed by atoms with Crippen LogP contribution in [0.5, 0.6) is 0 Å². The second-order valence-corrected chi connectivity index (χ2v) is 6.28. The maximum atomic E-state index is 12.7. The van der Waals surface area contributed by atoms with Gasteiger partial charge in [-0.05, 0) is 32.3 Å². The molecule has 0 spiro atoms. The molecule has 4 heteroatoms. The SMILES string of the molecule is CC(C)n1cnc(C(=O)N2CCC[C@H]2/C=C/c2ccccc2)c1. The normalized spacial score (nSPS) is 18.2. The number of rotatable bonds is 4. The molecule has 1 saturated heterocycles. The number of amides is 1. The average molecular weight is 309 g/mol. The summed E-state index contributed by atoms with van der Waals surface area (Å²) >= 11 is 0. The molecule has 120 valence electrons. The van der Waals surface area contributed by atoms with Crippen molar-refractivity contribution in [2.45, 2.75) is 38.8 Å². The molecule has 1 aliphatic heterocycles. The van der Waals surface area contributed by atoms with Gasteiger partial charge in [0.15, 0.2) is 0 Å². The summed E-state index contributed by atoms with van der Waals surface area (Å²) in [6.07, 6.45) is 9.88. The van der Waals surface area contributed by atoms with E-state index in [1.54, 1.807) is 6.33 Å². The van der Waals surface area contributed by atoms with Gasteiger partial charge in [-0.3, -0.25) is 4.79 Å². The highest BCUT2D eigenvalue weighted by atomic mass is 16.2. The number of nitrogens with zero attached hydrogens (tertiary/aromatic N) is 3. The molecular formula is C19H23N3O. The lowest BCUT2D eigenvalue weighted by molar-refractivity contribution is 0.0756. The molecule has 0 bridgehead atoms.